The summed E-state index contributed by atoms with van der Waals surface area (Å²) < 4.78 is 13.6. The molecule has 1 saturated carbocycles. The van der Waals surface area contributed by atoms with Crippen LogP contribution in [0.25, 0.3) is 0 Å². The highest BCUT2D eigenvalue weighted by Crippen LogP contribution is 2.47. The largest absolute Gasteiger partial charge is 0.356 e. The average molecular weight is 550 g/mol. The molecular formula is C25H32FIN4O. The molecule has 2 aromatic rings. The first-order chi connectivity index (χ1) is 15.1. The predicted octanol–water partition coefficient (Wildman–Crippen LogP) is 4.47. The van der Waals surface area contributed by atoms with Crippen LogP contribution in [0.2, 0.25) is 0 Å². The molecule has 1 heterocycles. The molecule has 32 heavy (non-hydrogen) atoms. The fourth-order valence-electron chi connectivity index (χ4n) is 4.24. The third kappa shape index (κ3) is 5.99. The van der Waals surface area contributed by atoms with Crippen LogP contribution in [0.5, 0.6) is 0 Å². The van der Waals surface area contributed by atoms with Gasteiger partial charge < -0.3 is 15.5 Å². The van der Waals surface area contributed by atoms with Crippen LogP contribution in [0, 0.1) is 5.82 Å². The van der Waals surface area contributed by atoms with Gasteiger partial charge in [-0.15, -0.1) is 24.0 Å². The van der Waals surface area contributed by atoms with Crippen molar-refractivity contribution in [3.63, 3.8) is 0 Å². The fourth-order valence-corrected chi connectivity index (χ4v) is 4.24. The van der Waals surface area contributed by atoms with Gasteiger partial charge in [-0.2, -0.15) is 0 Å². The second-order valence-corrected chi connectivity index (χ2v) is 8.62. The van der Waals surface area contributed by atoms with E-state index in [-0.39, 0.29) is 41.1 Å². The maximum Gasteiger partial charge on any atom is 0.253 e. The molecule has 2 N–H and O–H groups in total. The Balaban J connectivity index is 0.00000289. The van der Waals surface area contributed by atoms with E-state index in [1.807, 2.05) is 35.2 Å². The number of aliphatic imine (C=N–C) groups is 1. The van der Waals surface area contributed by atoms with Gasteiger partial charge in [-0.1, -0.05) is 24.3 Å². The van der Waals surface area contributed by atoms with Gasteiger partial charge >= 0.3 is 0 Å². The number of nitrogens with one attached hydrogen (secondary N) is 2. The minimum absolute atomic E-state index is 0. The van der Waals surface area contributed by atoms with Crippen molar-refractivity contribution in [2.45, 2.75) is 44.1 Å². The van der Waals surface area contributed by atoms with Gasteiger partial charge in [0.1, 0.15) is 5.82 Å². The molecule has 0 spiro atoms. The number of nitrogens with zero attached hydrogens (tertiary/aromatic N) is 2. The van der Waals surface area contributed by atoms with Crippen LogP contribution in [0.4, 0.5) is 4.39 Å². The molecule has 0 bridgehead atoms. The topological polar surface area (TPSA) is 56.7 Å². The van der Waals surface area contributed by atoms with E-state index in [0.717, 1.165) is 68.0 Å². The van der Waals surface area contributed by atoms with E-state index in [1.165, 1.54) is 12.5 Å². The number of carbonyl (C=O) groups excluding carboxylic acids is 1. The van der Waals surface area contributed by atoms with E-state index >= 15 is 0 Å². The minimum atomic E-state index is -0.187. The zero-order valence-corrected chi connectivity index (χ0v) is 20.9. The highest BCUT2D eigenvalue weighted by atomic mass is 127. The molecule has 0 atom stereocenters. The van der Waals surface area contributed by atoms with Gasteiger partial charge in [0.25, 0.3) is 5.91 Å². The summed E-state index contributed by atoms with van der Waals surface area (Å²) in [4.78, 5) is 18.9. The van der Waals surface area contributed by atoms with E-state index in [9.17, 15) is 9.18 Å². The van der Waals surface area contributed by atoms with Crippen LogP contribution >= 0.6 is 24.0 Å². The Kier molecular flexibility index (Phi) is 8.51. The van der Waals surface area contributed by atoms with Gasteiger partial charge in [0.05, 0.1) is 0 Å². The van der Waals surface area contributed by atoms with Gasteiger partial charge in [0.15, 0.2) is 5.96 Å². The maximum absolute atomic E-state index is 13.6. The van der Waals surface area contributed by atoms with Crippen LogP contribution in [-0.2, 0) is 12.0 Å². The first-order valence-electron chi connectivity index (χ1n) is 11.2. The number of piperidine rings is 1. The van der Waals surface area contributed by atoms with Crippen LogP contribution < -0.4 is 10.6 Å². The molecule has 0 radical (unpaired) electrons. The van der Waals surface area contributed by atoms with Crippen molar-refractivity contribution in [2.75, 3.05) is 26.7 Å². The number of amides is 1. The molecule has 1 aliphatic heterocycles. The summed E-state index contributed by atoms with van der Waals surface area (Å²) in [6.45, 7) is 3.06. The predicted molar refractivity (Wildman–Crippen MR) is 137 cm³/mol. The number of rotatable bonds is 6. The molecule has 0 unspecified atom stereocenters. The fraction of sp³-hybridized carbons (Fsp3) is 0.440. The van der Waals surface area contributed by atoms with E-state index in [1.54, 1.807) is 19.2 Å². The Morgan fingerprint density at radius 1 is 1.06 bits per heavy atom. The second kappa shape index (κ2) is 11.1. The molecule has 0 aromatic heterocycles. The average Bonchev–Trinajstić information content (AvgIpc) is 3.61. The summed E-state index contributed by atoms with van der Waals surface area (Å²) in [5.74, 6) is 0.661. The highest BCUT2D eigenvalue weighted by Gasteiger charge is 2.44. The van der Waals surface area contributed by atoms with Crippen molar-refractivity contribution in [1.82, 2.24) is 15.5 Å². The molecule has 1 saturated heterocycles. The molecule has 2 aliphatic rings. The van der Waals surface area contributed by atoms with Crippen LogP contribution in [0.3, 0.4) is 0 Å². The first kappa shape index (κ1) is 24.5. The molecule has 1 aliphatic carbocycles. The van der Waals surface area contributed by atoms with E-state index < -0.39 is 0 Å². The summed E-state index contributed by atoms with van der Waals surface area (Å²) in [7, 11) is 1.75. The van der Waals surface area contributed by atoms with Crippen LogP contribution in [0.1, 0.15) is 53.6 Å². The summed E-state index contributed by atoms with van der Waals surface area (Å²) >= 11 is 0. The Morgan fingerprint density at radius 2 is 1.78 bits per heavy atom. The quantitative estimate of drug-likeness (QED) is 0.317. The Labute approximate surface area is 206 Å². The third-order valence-electron chi connectivity index (χ3n) is 6.41. The number of hydrogen-bond donors (Lipinski definition) is 2. The standard InChI is InChI=1S/C25H31FN4O.HI/c1-27-24(29-18-25(12-13-25)21-6-5-7-22(26)16-21)28-17-19-8-10-20(11-9-19)23(31)30-14-3-2-4-15-30;/h5-11,16H,2-4,12-15,17-18H2,1H3,(H2,27,28,29);1H. The molecule has 4 rings (SSSR count). The Hall–Kier alpha value is -2.16. The number of likely N-dealkylation sites (tertiary alicyclic amines) is 1. The Morgan fingerprint density at radius 3 is 2.41 bits per heavy atom. The van der Waals surface area contributed by atoms with Gasteiger partial charge in [-0.05, 0) is 67.5 Å². The zero-order chi connectivity index (χ0) is 21.7. The van der Waals surface area contributed by atoms with Crippen molar-refractivity contribution in [3.05, 3.63) is 71.0 Å². The number of carbonyl (C=O) groups is 1. The maximum atomic E-state index is 13.6. The van der Waals surface area contributed by atoms with E-state index in [4.69, 9.17) is 0 Å². The second-order valence-electron chi connectivity index (χ2n) is 8.62. The van der Waals surface area contributed by atoms with Crippen molar-refractivity contribution in [3.8, 4) is 0 Å². The lowest BCUT2D eigenvalue weighted by Crippen LogP contribution is -2.40. The first-order valence-corrected chi connectivity index (χ1v) is 11.2. The molecular weight excluding hydrogens is 518 g/mol. The van der Waals surface area contributed by atoms with Gasteiger partial charge in [0.2, 0.25) is 0 Å². The monoisotopic (exact) mass is 550 g/mol. The summed E-state index contributed by atoms with van der Waals surface area (Å²) in [5.41, 5.74) is 2.88. The zero-order valence-electron chi connectivity index (χ0n) is 18.6. The number of benzene rings is 2. The molecule has 1 amide bonds. The van der Waals surface area contributed by atoms with Crippen molar-refractivity contribution >= 4 is 35.8 Å². The molecule has 2 fully saturated rings. The van der Waals surface area contributed by atoms with Gasteiger partial charge in [0, 0.05) is 44.2 Å². The normalized spacial score (nSPS) is 17.3. The lowest BCUT2D eigenvalue weighted by Gasteiger charge is -2.26. The minimum Gasteiger partial charge on any atom is -0.356 e. The highest BCUT2D eigenvalue weighted by molar-refractivity contribution is 14.0. The number of guanidine groups is 1. The molecule has 2 aromatic carbocycles. The lowest BCUT2D eigenvalue weighted by molar-refractivity contribution is 0.0724. The molecule has 5 nitrogen and oxygen atoms in total. The summed E-state index contributed by atoms with van der Waals surface area (Å²) in [5, 5.41) is 6.72. The summed E-state index contributed by atoms with van der Waals surface area (Å²) in [6, 6.07) is 14.7. The van der Waals surface area contributed by atoms with E-state index in [2.05, 4.69) is 15.6 Å². The van der Waals surface area contributed by atoms with Gasteiger partial charge in [-0.25, -0.2) is 4.39 Å². The molecule has 7 heteroatoms. The Bertz CT molecular complexity index is 937. The SMILES string of the molecule is CN=C(NCc1ccc(C(=O)N2CCCCC2)cc1)NCC1(c2cccc(F)c2)CC1.I. The van der Waals surface area contributed by atoms with Crippen molar-refractivity contribution < 1.29 is 9.18 Å². The van der Waals surface area contributed by atoms with Crippen LogP contribution in [-0.4, -0.2) is 43.4 Å². The van der Waals surface area contributed by atoms with Crippen molar-refractivity contribution in [2.24, 2.45) is 4.99 Å². The van der Waals surface area contributed by atoms with E-state index in [0.29, 0.717) is 6.54 Å². The molecule has 172 valence electrons. The van der Waals surface area contributed by atoms with Crippen molar-refractivity contribution in [1.29, 1.82) is 0 Å². The smallest absolute Gasteiger partial charge is 0.253 e. The van der Waals surface area contributed by atoms with Gasteiger partial charge in [-0.3, -0.25) is 9.79 Å². The van der Waals surface area contributed by atoms with Crippen LogP contribution in [0.15, 0.2) is 53.5 Å². The third-order valence-corrected chi connectivity index (χ3v) is 6.41. The number of halogens is 2. The number of hydrogen-bond acceptors (Lipinski definition) is 2. The summed E-state index contributed by atoms with van der Waals surface area (Å²) in [6.07, 6.45) is 5.51. The lowest BCUT2D eigenvalue weighted by atomic mass is 9.96.